The van der Waals surface area contributed by atoms with E-state index >= 15 is 0 Å². The molecule has 0 aliphatic rings. The van der Waals surface area contributed by atoms with E-state index in [9.17, 15) is 27.2 Å². The molecule has 0 heterocycles. The van der Waals surface area contributed by atoms with Crippen LogP contribution >= 0.6 is 0 Å². The van der Waals surface area contributed by atoms with Crippen LogP contribution in [0.25, 0.3) is 0 Å². The molecule has 1 N–H and O–H groups in total. The summed E-state index contributed by atoms with van der Waals surface area (Å²) in [6, 6.07) is 3.07. The van der Waals surface area contributed by atoms with Crippen molar-refractivity contribution in [1.82, 2.24) is 4.90 Å². The predicted molar refractivity (Wildman–Crippen MR) is 77.6 cm³/mol. The highest BCUT2D eigenvalue weighted by Crippen LogP contribution is 2.21. The predicted octanol–water partition coefficient (Wildman–Crippen LogP) is 3.59. The Balaban J connectivity index is 3.04. The van der Waals surface area contributed by atoms with Crippen LogP contribution in [0.3, 0.4) is 0 Å². The summed E-state index contributed by atoms with van der Waals surface area (Å²) < 4.78 is 51.4. The molecule has 4 nitrogen and oxygen atoms in total. The minimum absolute atomic E-state index is 0.0539. The lowest BCUT2D eigenvalue weighted by Crippen LogP contribution is -2.39. The highest BCUT2D eigenvalue weighted by molar-refractivity contribution is 5.97. The zero-order valence-corrected chi connectivity index (χ0v) is 12.8. The third-order valence-corrected chi connectivity index (χ3v) is 2.96. The highest BCUT2D eigenvalue weighted by atomic mass is 19.4. The van der Waals surface area contributed by atoms with Crippen LogP contribution in [0, 0.1) is 5.82 Å². The van der Waals surface area contributed by atoms with E-state index < -0.39 is 30.4 Å². The van der Waals surface area contributed by atoms with Gasteiger partial charge in [-0.2, -0.15) is 13.2 Å². The first kappa shape index (κ1) is 18.9. The van der Waals surface area contributed by atoms with E-state index in [4.69, 9.17) is 0 Å². The first-order chi connectivity index (χ1) is 10.6. The molecule has 0 aromatic heterocycles. The minimum atomic E-state index is -4.52. The van der Waals surface area contributed by atoms with Gasteiger partial charge in [0, 0.05) is 19.0 Å². The third kappa shape index (κ3) is 6.25. The number of amides is 2. The van der Waals surface area contributed by atoms with E-state index in [1.54, 1.807) is 6.92 Å². The smallest absolute Gasteiger partial charge is 0.330 e. The van der Waals surface area contributed by atoms with Crippen molar-refractivity contribution in [2.24, 2.45) is 0 Å². The van der Waals surface area contributed by atoms with Crippen LogP contribution < -0.4 is 5.32 Å². The van der Waals surface area contributed by atoms with Crippen molar-refractivity contribution in [3.63, 3.8) is 0 Å². The van der Waals surface area contributed by atoms with Crippen molar-refractivity contribution in [3.05, 3.63) is 29.6 Å². The summed E-state index contributed by atoms with van der Waals surface area (Å²) in [5.41, 5.74) is -0.360. The lowest BCUT2D eigenvalue weighted by molar-refractivity contribution is -0.140. The molecule has 8 heteroatoms. The van der Waals surface area contributed by atoms with Gasteiger partial charge in [-0.25, -0.2) is 4.39 Å². The molecule has 0 atom stereocenters. The van der Waals surface area contributed by atoms with Crippen LogP contribution in [-0.4, -0.2) is 36.0 Å². The molecule has 0 radical (unpaired) electrons. The molecule has 0 bridgehead atoms. The SMILES string of the molecule is CCCCN(CC(F)(F)F)C(=O)c1ccc(F)c(NC(C)=O)c1. The van der Waals surface area contributed by atoms with Gasteiger partial charge in [0.05, 0.1) is 5.69 Å². The van der Waals surface area contributed by atoms with Crippen molar-refractivity contribution in [3.8, 4) is 0 Å². The number of carbonyl (C=O) groups excluding carboxylic acids is 2. The molecular formula is C15H18F4N2O2. The Bertz CT molecular complexity index is 573. The summed E-state index contributed by atoms with van der Waals surface area (Å²) in [7, 11) is 0. The van der Waals surface area contributed by atoms with Crippen LogP contribution in [0.4, 0.5) is 23.2 Å². The van der Waals surface area contributed by atoms with E-state index in [1.165, 1.54) is 0 Å². The third-order valence-electron chi connectivity index (χ3n) is 2.96. The molecule has 2 amide bonds. The van der Waals surface area contributed by atoms with Gasteiger partial charge in [0.1, 0.15) is 12.4 Å². The molecule has 0 aliphatic heterocycles. The summed E-state index contributed by atoms with van der Waals surface area (Å²) >= 11 is 0. The summed E-state index contributed by atoms with van der Waals surface area (Å²) in [5, 5.41) is 2.19. The Morgan fingerprint density at radius 3 is 2.43 bits per heavy atom. The van der Waals surface area contributed by atoms with Gasteiger partial charge < -0.3 is 10.2 Å². The number of hydrogen-bond acceptors (Lipinski definition) is 2. The quantitative estimate of drug-likeness (QED) is 0.808. The molecule has 0 spiro atoms. The lowest BCUT2D eigenvalue weighted by Gasteiger charge is -2.24. The van der Waals surface area contributed by atoms with E-state index in [1.807, 2.05) is 0 Å². The molecule has 0 unspecified atom stereocenters. The van der Waals surface area contributed by atoms with Crippen molar-refractivity contribution in [2.45, 2.75) is 32.9 Å². The fourth-order valence-corrected chi connectivity index (χ4v) is 1.94. The zero-order chi connectivity index (χ0) is 17.6. The number of carbonyl (C=O) groups is 2. The fraction of sp³-hybridized carbons (Fsp3) is 0.467. The second-order valence-electron chi connectivity index (χ2n) is 5.07. The van der Waals surface area contributed by atoms with Crippen LogP contribution in [0.5, 0.6) is 0 Å². The van der Waals surface area contributed by atoms with Crippen LogP contribution in [0.1, 0.15) is 37.0 Å². The van der Waals surface area contributed by atoms with Gasteiger partial charge in [0.15, 0.2) is 0 Å². The van der Waals surface area contributed by atoms with Crippen molar-refractivity contribution in [1.29, 1.82) is 0 Å². The molecule has 0 saturated carbocycles. The number of alkyl halides is 3. The Morgan fingerprint density at radius 2 is 1.91 bits per heavy atom. The van der Waals surface area contributed by atoms with Gasteiger partial charge >= 0.3 is 6.18 Å². The number of anilines is 1. The minimum Gasteiger partial charge on any atom is -0.330 e. The van der Waals surface area contributed by atoms with Crippen LogP contribution in [0.15, 0.2) is 18.2 Å². The van der Waals surface area contributed by atoms with E-state index in [2.05, 4.69) is 5.32 Å². The molecule has 0 aliphatic carbocycles. The first-order valence-corrected chi connectivity index (χ1v) is 7.07. The largest absolute Gasteiger partial charge is 0.406 e. The van der Waals surface area contributed by atoms with Crippen molar-refractivity contribution < 1.29 is 27.2 Å². The van der Waals surface area contributed by atoms with E-state index in [0.29, 0.717) is 17.7 Å². The number of unbranched alkanes of at least 4 members (excludes halogenated alkanes) is 1. The van der Waals surface area contributed by atoms with Gasteiger partial charge in [0.2, 0.25) is 5.91 Å². The van der Waals surface area contributed by atoms with Crippen LogP contribution in [0.2, 0.25) is 0 Å². The fourth-order valence-electron chi connectivity index (χ4n) is 1.94. The second-order valence-corrected chi connectivity index (χ2v) is 5.07. The maximum atomic E-state index is 13.5. The summed E-state index contributed by atoms with van der Waals surface area (Å²) in [5.74, 6) is -2.18. The maximum absolute atomic E-state index is 13.5. The standard InChI is InChI=1S/C15H18F4N2O2/c1-3-4-7-21(9-15(17,18)19)14(23)11-5-6-12(16)13(8-11)20-10(2)22/h5-6,8H,3-4,7,9H2,1-2H3,(H,20,22). The Labute approximate surface area is 131 Å². The number of nitrogens with zero attached hydrogens (tertiary/aromatic N) is 1. The number of benzene rings is 1. The summed E-state index contributed by atoms with van der Waals surface area (Å²) in [6.07, 6.45) is -3.48. The number of rotatable bonds is 6. The Morgan fingerprint density at radius 1 is 1.26 bits per heavy atom. The van der Waals surface area contributed by atoms with Gasteiger partial charge in [0.25, 0.3) is 5.91 Å². The summed E-state index contributed by atoms with van der Waals surface area (Å²) in [4.78, 5) is 23.9. The first-order valence-electron chi connectivity index (χ1n) is 7.07. The van der Waals surface area contributed by atoms with Gasteiger partial charge in [-0.05, 0) is 24.6 Å². The molecule has 1 rings (SSSR count). The average Bonchev–Trinajstić information content (AvgIpc) is 2.43. The maximum Gasteiger partial charge on any atom is 0.406 e. The number of halogens is 4. The molecular weight excluding hydrogens is 316 g/mol. The Kier molecular flexibility index (Phi) is 6.53. The van der Waals surface area contributed by atoms with Crippen LogP contribution in [-0.2, 0) is 4.79 Å². The zero-order valence-electron chi connectivity index (χ0n) is 12.8. The van der Waals surface area contributed by atoms with Gasteiger partial charge in [-0.1, -0.05) is 13.3 Å². The monoisotopic (exact) mass is 334 g/mol. The number of nitrogens with one attached hydrogen (secondary N) is 1. The molecule has 0 saturated heterocycles. The highest BCUT2D eigenvalue weighted by Gasteiger charge is 2.33. The molecule has 0 fully saturated rings. The molecule has 1 aromatic carbocycles. The second kappa shape index (κ2) is 7.94. The molecule has 23 heavy (non-hydrogen) atoms. The van der Waals surface area contributed by atoms with Gasteiger partial charge in [-0.3, -0.25) is 9.59 Å². The Hall–Kier alpha value is -2.12. The molecule has 128 valence electrons. The van der Waals surface area contributed by atoms with E-state index in [-0.39, 0.29) is 17.8 Å². The lowest BCUT2D eigenvalue weighted by atomic mass is 10.1. The topological polar surface area (TPSA) is 49.4 Å². The summed E-state index contributed by atoms with van der Waals surface area (Å²) in [6.45, 7) is 1.52. The normalized spacial score (nSPS) is 11.2. The number of hydrogen-bond donors (Lipinski definition) is 1. The van der Waals surface area contributed by atoms with Gasteiger partial charge in [-0.15, -0.1) is 0 Å². The molecule has 1 aromatic rings. The van der Waals surface area contributed by atoms with E-state index in [0.717, 1.165) is 25.1 Å². The average molecular weight is 334 g/mol. The van der Waals surface area contributed by atoms with Crippen molar-refractivity contribution in [2.75, 3.05) is 18.4 Å². The van der Waals surface area contributed by atoms with Crippen molar-refractivity contribution >= 4 is 17.5 Å².